The van der Waals surface area contributed by atoms with Gasteiger partial charge < -0.3 is 9.47 Å². The van der Waals surface area contributed by atoms with E-state index in [1.54, 1.807) is 13.3 Å². The van der Waals surface area contributed by atoms with Gasteiger partial charge in [0.25, 0.3) is 0 Å². The second-order valence-corrected chi connectivity index (χ2v) is 7.18. The van der Waals surface area contributed by atoms with Crippen LogP contribution in [0.15, 0.2) is 53.8 Å². The minimum atomic E-state index is -0.334. The number of rotatable bonds is 7. The van der Waals surface area contributed by atoms with Gasteiger partial charge in [-0.2, -0.15) is 5.10 Å². The van der Waals surface area contributed by atoms with E-state index < -0.39 is 0 Å². The number of nitrogens with zero attached hydrogens (tertiary/aromatic N) is 4. The molecule has 0 aliphatic carbocycles. The highest BCUT2D eigenvalue weighted by atomic mass is 32.2. The number of aromatic nitrogens is 5. The van der Waals surface area contributed by atoms with Gasteiger partial charge in [0.15, 0.2) is 5.16 Å². The summed E-state index contributed by atoms with van der Waals surface area (Å²) in [6, 6.07) is 13.4. The first-order chi connectivity index (χ1) is 14.2. The van der Waals surface area contributed by atoms with Crippen LogP contribution in [0.1, 0.15) is 11.4 Å². The number of methoxy groups -OCH3 is 1. The van der Waals surface area contributed by atoms with E-state index in [9.17, 15) is 4.79 Å². The van der Waals surface area contributed by atoms with Crippen LogP contribution < -0.4 is 4.74 Å². The summed E-state index contributed by atoms with van der Waals surface area (Å²) < 4.78 is 12.7. The summed E-state index contributed by atoms with van der Waals surface area (Å²) in [5, 5.41) is 16.9. The molecular formula is C20H19N5O3S. The van der Waals surface area contributed by atoms with Crippen LogP contribution in [0.5, 0.6) is 5.75 Å². The first kappa shape index (κ1) is 19.0. The molecule has 0 bridgehead atoms. The number of carbonyl (C=O) groups excluding carboxylic acids is 1. The fraction of sp³-hybridized carbons (Fsp3) is 0.200. The first-order valence-corrected chi connectivity index (χ1v) is 9.90. The molecule has 148 valence electrons. The molecule has 0 atom stereocenters. The lowest BCUT2D eigenvalue weighted by Gasteiger charge is -2.12. The van der Waals surface area contributed by atoms with Crippen LogP contribution in [-0.4, -0.2) is 43.8 Å². The third-order valence-corrected chi connectivity index (χ3v) is 5.29. The Morgan fingerprint density at radius 1 is 1.17 bits per heavy atom. The average molecular weight is 409 g/mol. The summed E-state index contributed by atoms with van der Waals surface area (Å²) in [7, 11) is 1.61. The smallest absolute Gasteiger partial charge is 0.316 e. The molecule has 29 heavy (non-hydrogen) atoms. The standard InChI is InChI=1S/C20H19N5O3S/c1-13-22-24-20(25(13)16-8-3-4-9-17(16)27-2)29-12-18(26)28-11-15-7-5-6-14-10-21-23-19(14)15/h3-10H,11-12H2,1-2H3,(H,21,23). The molecule has 2 heterocycles. The monoisotopic (exact) mass is 409 g/mol. The van der Waals surface area contributed by atoms with Gasteiger partial charge in [-0.1, -0.05) is 42.1 Å². The molecule has 1 N–H and O–H groups in total. The Morgan fingerprint density at radius 3 is 2.90 bits per heavy atom. The van der Waals surface area contributed by atoms with Crippen molar-refractivity contribution in [2.24, 2.45) is 0 Å². The maximum atomic E-state index is 12.3. The fourth-order valence-electron chi connectivity index (χ4n) is 3.00. The van der Waals surface area contributed by atoms with Crippen molar-refractivity contribution in [1.29, 1.82) is 0 Å². The van der Waals surface area contributed by atoms with Crippen LogP contribution in [0, 0.1) is 6.92 Å². The van der Waals surface area contributed by atoms with Crippen molar-refractivity contribution in [3.8, 4) is 11.4 Å². The van der Waals surface area contributed by atoms with Crippen molar-refractivity contribution in [2.45, 2.75) is 18.7 Å². The lowest BCUT2D eigenvalue weighted by atomic mass is 10.1. The quantitative estimate of drug-likeness (QED) is 0.370. The van der Waals surface area contributed by atoms with Crippen LogP contribution in [0.4, 0.5) is 0 Å². The summed E-state index contributed by atoms with van der Waals surface area (Å²) in [5.74, 6) is 1.19. The van der Waals surface area contributed by atoms with Crippen molar-refractivity contribution < 1.29 is 14.3 Å². The Bertz CT molecular complexity index is 1150. The number of esters is 1. The van der Waals surface area contributed by atoms with Gasteiger partial charge in [-0.25, -0.2) is 0 Å². The van der Waals surface area contributed by atoms with Gasteiger partial charge in [-0.3, -0.25) is 14.5 Å². The van der Waals surface area contributed by atoms with Crippen LogP contribution in [-0.2, 0) is 16.1 Å². The van der Waals surface area contributed by atoms with E-state index >= 15 is 0 Å². The molecule has 0 saturated heterocycles. The van der Waals surface area contributed by atoms with Crippen molar-refractivity contribution in [2.75, 3.05) is 12.9 Å². The minimum Gasteiger partial charge on any atom is -0.495 e. The summed E-state index contributed by atoms with van der Waals surface area (Å²) in [6.45, 7) is 2.03. The van der Waals surface area contributed by atoms with Crippen LogP contribution in [0.25, 0.3) is 16.6 Å². The molecular weight excluding hydrogens is 390 g/mol. The summed E-state index contributed by atoms with van der Waals surface area (Å²) in [5.41, 5.74) is 2.57. The number of hydrogen-bond acceptors (Lipinski definition) is 7. The van der Waals surface area contributed by atoms with Gasteiger partial charge in [-0.05, 0) is 19.1 Å². The van der Waals surface area contributed by atoms with E-state index in [-0.39, 0.29) is 18.3 Å². The molecule has 0 aliphatic rings. The number of aromatic amines is 1. The second kappa shape index (κ2) is 8.36. The third-order valence-electron chi connectivity index (χ3n) is 4.39. The van der Waals surface area contributed by atoms with Gasteiger partial charge in [0.2, 0.25) is 0 Å². The normalized spacial score (nSPS) is 11.0. The van der Waals surface area contributed by atoms with E-state index in [0.717, 1.165) is 22.2 Å². The second-order valence-electron chi connectivity index (χ2n) is 6.24. The number of nitrogens with one attached hydrogen (secondary N) is 1. The highest BCUT2D eigenvalue weighted by Crippen LogP contribution is 2.28. The maximum absolute atomic E-state index is 12.3. The van der Waals surface area contributed by atoms with E-state index in [2.05, 4.69) is 20.4 Å². The number of para-hydroxylation sites is 3. The Morgan fingerprint density at radius 2 is 2.03 bits per heavy atom. The molecule has 0 radical (unpaired) electrons. The van der Waals surface area contributed by atoms with Gasteiger partial charge in [0.1, 0.15) is 18.2 Å². The zero-order chi connectivity index (χ0) is 20.2. The Kier molecular flexibility index (Phi) is 5.48. The van der Waals surface area contributed by atoms with Crippen molar-refractivity contribution >= 4 is 28.6 Å². The number of aryl methyl sites for hydroxylation is 1. The molecule has 0 amide bonds. The van der Waals surface area contributed by atoms with E-state index in [0.29, 0.717) is 16.7 Å². The minimum absolute atomic E-state index is 0.117. The number of hydrogen-bond donors (Lipinski definition) is 1. The SMILES string of the molecule is COc1ccccc1-n1c(C)nnc1SCC(=O)OCc1cccc2cn[nH]c12. The highest BCUT2D eigenvalue weighted by Gasteiger charge is 2.17. The highest BCUT2D eigenvalue weighted by molar-refractivity contribution is 7.99. The molecule has 0 spiro atoms. The van der Waals surface area contributed by atoms with Crippen LogP contribution in [0.2, 0.25) is 0 Å². The predicted octanol–water partition coefficient (Wildman–Crippen LogP) is 3.30. The van der Waals surface area contributed by atoms with Crippen molar-refractivity contribution in [3.05, 3.63) is 60.0 Å². The Labute approximate surface area is 171 Å². The average Bonchev–Trinajstić information content (AvgIpc) is 3.37. The molecule has 0 fully saturated rings. The zero-order valence-corrected chi connectivity index (χ0v) is 16.8. The molecule has 0 unspecified atom stereocenters. The van der Waals surface area contributed by atoms with Crippen molar-refractivity contribution in [1.82, 2.24) is 25.0 Å². The fourth-order valence-corrected chi connectivity index (χ4v) is 3.79. The molecule has 4 rings (SSSR count). The first-order valence-electron chi connectivity index (χ1n) is 8.92. The lowest BCUT2D eigenvalue weighted by molar-refractivity contribution is -0.141. The summed E-state index contributed by atoms with van der Waals surface area (Å²) in [6.07, 6.45) is 1.74. The van der Waals surface area contributed by atoms with E-state index in [1.807, 2.05) is 54.0 Å². The van der Waals surface area contributed by atoms with E-state index in [1.165, 1.54) is 11.8 Å². The molecule has 2 aromatic heterocycles. The number of thioether (sulfide) groups is 1. The van der Waals surface area contributed by atoms with Gasteiger partial charge in [-0.15, -0.1) is 10.2 Å². The largest absolute Gasteiger partial charge is 0.495 e. The van der Waals surface area contributed by atoms with Crippen LogP contribution >= 0.6 is 11.8 Å². The van der Waals surface area contributed by atoms with Gasteiger partial charge in [0.05, 0.1) is 30.3 Å². The number of benzene rings is 2. The van der Waals surface area contributed by atoms with Crippen LogP contribution in [0.3, 0.4) is 0 Å². The van der Waals surface area contributed by atoms with E-state index in [4.69, 9.17) is 9.47 Å². The Hall–Kier alpha value is -3.33. The molecule has 8 nitrogen and oxygen atoms in total. The molecule has 0 aliphatic heterocycles. The molecule has 2 aromatic carbocycles. The lowest BCUT2D eigenvalue weighted by Crippen LogP contribution is -2.09. The number of H-pyrrole nitrogens is 1. The molecule has 0 saturated carbocycles. The summed E-state index contributed by atoms with van der Waals surface area (Å²) >= 11 is 1.27. The molecule has 9 heteroatoms. The zero-order valence-electron chi connectivity index (χ0n) is 16.0. The molecule has 4 aromatic rings. The topological polar surface area (TPSA) is 94.9 Å². The summed E-state index contributed by atoms with van der Waals surface area (Å²) in [4.78, 5) is 12.3. The number of ether oxygens (including phenoxy) is 2. The van der Waals surface area contributed by atoms with Gasteiger partial charge >= 0.3 is 5.97 Å². The van der Waals surface area contributed by atoms with Gasteiger partial charge in [0, 0.05) is 10.9 Å². The Balaban J connectivity index is 1.43. The number of fused-ring (bicyclic) bond motifs is 1. The number of carbonyl (C=O) groups is 1. The van der Waals surface area contributed by atoms with Crippen molar-refractivity contribution in [3.63, 3.8) is 0 Å². The maximum Gasteiger partial charge on any atom is 0.316 e. The predicted molar refractivity (Wildman–Crippen MR) is 109 cm³/mol. The third kappa shape index (κ3) is 3.95.